The van der Waals surface area contributed by atoms with Gasteiger partial charge in [0.05, 0.1) is 23.7 Å². The highest BCUT2D eigenvalue weighted by Crippen LogP contribution is 2.38. The molecule has 0 spiro atoms. The van der Waals surface area contributed by atoms with Crippen LogP contribution in [0.3, 0.4) is 0 Å². The number of rotatable bonds is 8. The molecule has 0 radical (unpaired) electrons. The van der Waals surface area contributed by atoms with Gasteiger partial charge < -0.3 is 19.9 Å². The maximum atomic E-state index is 14.0. The van der Waals surface area contributed by atoms with Gasteiger partial charge in [0.25, 0.3) is 5.91 Å². The van der Waals surface area contributed by atoms with E-state index in [4.69, 9.17) is 14.6 Å². The number of urea groups is 1. The number of methoxy groups -OCH3 is 1. The summed E-state index contributed by atoms with van der Waals surface area (Å²) in [6, 6.07) is 15.0. The number of carboxylic acids is 1. The number of aromatic carboxylic acids is 1. The lowest BCUT2D eigenvalue weighted by Crippen LogP contribution is -2.30. The lowest BCUT2D eigenvalue weighted by atomic mass is 10.1. The number of carboxylic acid groups (broad SMARTS) is 1. The normalized spacial score (nSPS) is 14.2. The van der Waals surface area contributed by atoms with Crippen LogP contribution in [0.4, 0.5) is 9.18 Å². The van der Waals surface area contributed by atoms with Crippen LogP contribution in [0.1, 0.15) is 27.0 Å². The number of nitrogens with one attached hydrogen (secondary N) is 1. The number of amides is 3. The minimum atomic E-state index is -1.03. The number of ether oxygens (including phenoxy) is 2. The molecule has 184 valence electrons. The van der Waals surface area contributed by atoms with Crippen LogP contribution < -0.4 is 14.8 Å². The highest BCUT2D eigenvalue weighted by molar-refractivity contribution is 9.10. The Kier molecular flexibility index (Phi) is 7.35. The van der Waals surface area contributed by atoms with Crippen molar-refractivity contribution in [3.63, 3.8) is 0 Å². The summed E-state index contributed by atoms with van der Waals surface area (Å²) in [5.41, 5.74) is 1.60. The van der Waals surface area contributed by atoms with Crippen molar-refractivity contribution in [1.82, 2.24) is 10.2 Å². The van der Waals surface area contributed by atoms with Crippen molar-refractivity contribution in [2.45, 2.75) is 13.2 Å². The fourth-order valence-electron chi connectivity index (χ4n) is 3.59. The molecule has 8 nitrogen and oxygen atoms in total. The zero-order valence-electron chi connectivity index (χ0n) is 19.0. The van der Waals surface area contributed by atoms with Gasteiger partial charge in [-0.2, -0.15) is 0 Å². The Morgan fingerprint density at radius 3 is 2.64 bits per heavy atom. The molecule has 0 saturated carbocycles. The molecule has 10 heteroatoms. The van der Waals surface area contributed by atoms with Crippen LogP contribution in [0.2, 0.25) is 0 Å². The number of hydrogen-bond acceptors (Lipinski definition) is 5. The fourth-order valence-corrected chi connectivity index (χ4v) is 4.17. The molecular weight excluding hydrogens is 535 g/mol. The van der Waals surface area contributed by atoms with Crippen LogP contribution in [0, 0.1) is 5.82 Å². The second-order valence-electron chi connectivity index (χ2n) is 7.80. The predicted octanol–water partition coefficient (Wildman–Crippen LogP) is 4.97. The molecule has 36 heavy (non-hydrogen) atoms. The van der Waals surface area contributed by atoms with Crippen molar-refractivity contribution in [3.05, 3.63) is 98.9 Å². The Balaban J connectivity index is 1.53. The third-order valence-corrected chi connectivity index (χ3v) is 5.96. The van der Waals surface area contributed by atoms with E-state index in [0.717, 1.165) is 4.90 Å². The zero-order chi connectivity index (χ0) is 25.8. The van der Waals surface area contributed by atoms with Crippen molar-refractivity contribution in [1.29, 1.82) is 0 Å². The molecule has 1 heterocycles. The average molecular weight is 555 g/mol. The van der Waals surface area contributed by atoms with E-state index in [1.807, 2.05) is 0 Å². The molecule has 3 aromatic rings. The van der Waals surface area contributed by atoms with Gasteiger partial charge in [0.2, 0.25) is 0 Å². The molecule has 3 amide bonds. The van der Waals surface area contributed by atoms with E-state index in [9.17, 15) is 18.8 Å². The molecule has 0 atom stereocenters. The van der Waals surface area contributed by atoms with E-state index in [1.165, 1.54) is 43.5 Å². The monoisotopic (exact) mass is 554 g/mol. The fraction of sp³-hybridized carbons (Fsp3) is 0.115. The zero-order valence-corrected chi connectivity index (χ0v) is 20.5. The Labute approximate surface area is 214 Å². The van der Waals surface area contributed by atoms with Crippen molar-refractivity contribution in [2.75, 3.05) is 7.11 Å². The molecule has 4 rings (SSSR count). The van der Waals surface area contributed by atoms with Gasteiger partial charge in [-0.1, -0.05) is 30.3 Å². The van der Waals surface area contributed by atoms with Gasteiger partial charge >= 0.3 is 12.0 Å². The molecular formula is C26H20BrFN2O6. The summed E-state index contributed by atoms with van der Waals surface area (Å²) in [6.07, 6.45) is 1.48. The average Bonchev–Trinajstić information content (AvgIpc) is 3.11. The van der Waals surface area contributed by atoms with Crippen molar-refractivity contribution in [2.24, 2.45) is 0 Å². The first-order valence-corrected chi connectivity index (χ1v) is 11.5. The summed E-state index contributed by atoms with van der Waals surface area (Å²) in [5, 5.41) is 11.7. The van der Waals surface area contributed by atoms with Gasteiger partial charge in [-0.05, 0) is 63.5 Å². The third kappa shape index (κ3) is 5.38. The van der Waals surface area contributed by atoms with Gasteiger partial charge in [-0.25, -0.2) is 14.0 Å². The molecule has 2 N–H and O–H groups in total. The largest absolute Gasteiger partial charge is 0.493 e. The van der Waals surface area contributed by atoms with E-state index >= 15 is 0 Å². The highest BCUT2D eigenvalue weighted by Gasteiger charge is 2.34. The molecule has 1 aliphatic heterocycles. The number of hydrogen-bond donors (Lipinski definition) is 2. The summed E-state index contributed by atoms with van der Waals surface area (Å²) < 4.78 is 25.8. The topological polar surface area (TPSA) is 105 Å². The van der Waals surface area contributed by atoms with Crippen molar-refractivity contribution in [3.8, 4) is 11.5 Å². The molecule has 0 unspecified atom stereocenters. The summed E-state index contributed by atoms with van der Waals surface area (Å²) in [5.74, 6) is -1.39. The SMILES string of the molecule is COc1cc(/C=C2/NC(=O)N(Cc3ccccc3F)C2=O)cc(Br)c1OCc1cccc(C(=O)O)c1. The van der Waals surface area contributed by atoms with E-state index in [-0.39, 0.29) is 30.0 Å². The number of carbonyl (C=O) groups excluding carboxylic acids is 2. The lowest BCUT2D eigenvalue weighted by molar-refractivity contribution is -0.123. The first kappa shape index (κ1) is 24.9. The molecule has 1 aliphatic rings. The summed E-state index contributed by atoms with van der Waals surface area (Å²) >= 11 is 3.44. The van der Waals surface area contributed by atoms with Crippen molar-refractivity contribution < 1.29 is 33.4 Å². The second-order valence-corrected chi connectivity index (χ2v) is 8.65. The van der Waals surface area contributed by atoms with Crippen molar-refractivity contribution >= 4 is 39.9 Å². The quantitative estimate of drug-likeness (QED) is 0.301. The van der Waals surface area contributed by atoms with E-state index in [0.29, 0.717) is 27.1 Å². The van der Waals surface area contributed by atoms with Crippen LogP contribution >= 0.6 is 15.9 Å². The maximum Gasteiger partial charge on any atom is 0.335 e. The summed E-state index contributed by atoms with van der Waals surface area (Å²) in [6.45, 7) is -0.104. The molecule has 3 aromatic carbocycles. The predicted molar refractivity (Wildman–Crippen MR) is 132 cm³/mol. The highest BCUT2D eigenvalue weighted by atomic mass is 79.9. The maximum absolute atomic E-state index is 14.0. The minimum Gasteiger partial charge on any atom is -0.493 e. The van der Waals surface area contributed by atoms with Gasteiger partial charge in [-0.3, -0.25) is 9.69 Å². The van der Waals surface area contributed by atoms with Crippen LogP contribution in [0.5, 0.6) is 11.5 Å². The Bertz CT molecular complexity index is 1390. The van der Waals surface area contributed by atoms with E-state index < -0.39 is 23.7 Å². The third-order valence-electron chi connectivity index (χ3n) is 5.37. The standard InChI is InChI=1S/C26H20BrFN2O6/c1-35-22-12-16(10-19(27)23(22)36-14-15-5-4-7-17(9-15)25(32)33)11-21-24(31)30(26(34)29-21)13-18-6-2-3-8-20(18)28/h2-12H,13-14H2,1H3,(H,29,34)(H,32,33)/b21-11+. The lowest BCUT2D eigenvalue weighted by Gasteiger charge is -2.14. The molecule has 0 aromatic heterocycles. The Morgan fingerprint density at radius 2 is 1.92 bits per heavy atom. The summed E-state index contributed by atoms with van der Waals surface area (Å²) in [4.78, 5) is 37.3. The van der Waals surface area contributed by atoms with Gasteiger partial charge in [0, 0.05) is 5.56 Å². The number of benzene rings is 3. The minimum absolute atomic E-state index is 0.0319. The Hall–Kier alpha value is -4.18. The summed E-state index contributed by atoms with van der Waals surface area (Å²) in [7, 11) is 1.45. The Morgan fingerprint density at radius 1 is 1.14 bits per heavy atom. The first-order valence-electron chi connectivity index (χ1n) is 10.7. The van der Waals surface area contributed by atoms with Crippen LogP contribution in [0.25, 0.3) is 6.08 Å². The van der Waals surface area contributed by atoms with Crippen LogP contribution in [-0.4, -0.2) is 35.0 Å². The van der Waals surface area contributed by atoms with Gasteiger partial charge in [0.15, 0.2) is 11.5 Å². The molecule has 0 aliphatic carbocycles. The second kappa shape index (κ2) is 10.6. The first-order chi connectivity index (χ1) is 17.3. The number of nitrogens with zero attached hydrogens (tertiary/aromatic N) is 1. The number of imide groups is 1. The molecule has 0 bridgehead atoms. The van der Waals surface area contributed by atoms with Gasteiger partial charge in [-0.15, -0.1) is 0 Å². The van der Waals surface area contributed by atoms with Crippen LogP contribution in [0.15, 0.2) is 70.8 Å². The van der Waals surface area contributed by atoms with E-state index in [1.54, 1.807) is 30.3 Å². The molecule has 1 fully saturated rings. The number of carbonyl (C=O) groups is 3. The smallest absolute Gasteiger partial charge is 0.335 e. The molecule has 1 saturated heterocycles. The number of halogens is 2. The van der Waals surface area contributed by atoms with Crippen LogP contribution in [-0.2, 0) is 17.9 Å². The van der Waals surface area contributed by atoms with Gasteiger partial charge in [0.1, 0.15) is 18.1 Å². The van der Waals surface area contributed by atoms with E-state index in [2.05, 4.69) is 21.2 Å².